The first-order valence-corrected chi connectivity index (χ1v) is 9.60. The highest BCUT2D eigenvalue weighted by molar-refractivity contribution is 6.51. The molecule has 1 fully saturated rings. The van der Waals surface area contributed by atoms with Gasteiger partial charge in [-0.1, -0.05) is 47.7 Å². The molecule has 3 aromatic rings. The third-order valence-electron chi connectivity index (χ3n) is 4.99. The second kappa shape index (κ2) is 8.04. The van der Waals surface area contributed by atoms with Crippen LogP contribution in [-0.2, 0) is 9.59 Å². The summed E-state index contributed by atoms with van der Waals surface area (Å²) in [5.41, 5.74) is 0.682. The third-order valence-corrected chi connectivity index (χ3v) is 5.25. The summed E-state index contributed by atoms with van der Waals surface area (Å²) in [5, 5.41) is 24.6. The zero-order valence-corrected chi connectivity index (χ0v) is 16.7. The van der Waals surface area contributed by atoms with Gasteiger partial charge in [-0.05, 0) is 47.5 Å². The van der Waals surface area contributed by atoms with Crippen LogP contribution in [0.25, 0.3) is 5.76 Å². The average Bonchev–Trinajstić information content (AvgIpc) is 3.05. The number of benzene rings is 3. The van der Waals surface area contributed by atoms with Gasteiger partial charge in [0, 0.05) is 28.4 Å². The topological polar surface area (TPSA) is 104 Å². The Labute approximate surface area is 182 Å². The molecule has 7 nitrogen and oxygen atoms in total. The molecule has 1 atom stereocenters. The number of anilines is 1. The predicted octanol–water partition coefficient (Wildman–Crippen LogP) is 3.68. The maximum absolute atomic E-state index is 13.3. The lowest BCUT2D eigenvalue weighted by Crippen LogP contribution is -2.29. The molecule has 1 saturated heterocycles. The highest BCUT2D eigenvalue weighted by Gasteiger charge is 2.45. The van der Waals surface area contributed by atoms with Crippen LogP contribution >= 0.6 is 11.6 Å². The fourth-order valence-electron chi connectivity index (χ4n) is 3.53. The molecule has 1 aliphatic heterocycles. The number of nitro benzene ring substituents is 1. The summed E-state index contributed by atoms with van der Waals surface area (Å²) in [6, 6.07) is 19.1. The van der Waals surface area contributed by atoms with Gasteiger partial charge in [0.25, 0.3) is 11.6 Å². The van der Waals surface area contributed by atoms with E-state index in [0.29, 0.717) is 16.3 Å². The van der Waals surface area contributed by atoms with Gasteiger partial charge in [0.15, 0.2) is 0 Å². The number of nitro groups is 1. The Hall–Kier alpha value is -3.97. The SMILES string of the molecule is O=C1C(=O)N(c2ccccc2)C(c2ccc(Cl)cc2)C1=C([O-])c1ccc([N+](=O)[O-])cc1. The molecular formula is C23H14ClN2O5-. The van der Waals surface area contributed by atoms with Crippen LogP contribution in [0.4, 0.5) is 11.4 Å². The van der Waals surface area contributed by atoms with Gasteiger partial charge < -0.3 is 5.11 Å². The first-order chi connectivity index (χ1) is 14.9. The van der Waals surface area contributed by atoms with E-state index in [1.165, 1.54) is 29.2 Å². The van der Waals surface area contributed by atoms with Crippen LogP contribution < -0.4 is 10.0 Å². The summed E-state index contributed by atoms with van der Waals surface area (Å²) >= 11 is 5.99. The number of carbonyl (C=O) groups is 2. The van der Waals surface area contributed by atoms with Crippen LogP contribution in [-0.4, -0.2) is 16.6 Å². The quantitative estimate of drug-likeness (QED) is 0.205. The monoisotopic (exact) mass is 433 g/mol. The van der Waals surface area contributed by atoms with Crippen LogP contribution in [0, 0.1) is 10.1 Å². The number of halogens is 1. The summed E-state index contributed by atoms with van der Waals surface area (Å²) in [6.07, 6.45) is 0. The molecule has 3 aromatic carbocycles. The second-order valence-corrected chi connectivity index (χ2v) is 7.28. The first-order valence-electron chi connectivity index (χ1n) is 9.23. The number of rotatable bonds is 4. The maximum Gasteiger partial charge on any atom is 0.299 e. The maximum atomic E-state index is 13.3. The third kappa shape index (κ3) is 3.67. The van der Waals surface area contributed by atoms with Gasteiger partial charge >= 0.3 is 0 Å². The second-order valence-electron chi connectivity index (χ2n) is 6.84. The number of ketones is 1. The van der Waals surface area contributed by atoms with Crippen molar-refractivity contribution in [3.05, 3.63) is 111 Å². The molecule has 0 radical (unpaired) electrons. The molecule has 31 heavy (non-hydrogen) atoms. The van der Waals surface area contributed by atoms with Gasteiger partial charge in [0.1, 0.15) is 0 Å². The fraction of sp³-hybridized carbons (Fsp3) is 0.0435. The van der Waals surface area contributed by atoms with Gasteiger partial charge in [0.2, 0.25) is 5.78 Å². The molecule has 8 heteroatoms. The van der Waals surface area contributed by atoms with Gasteiger partial charge in [-0.15, -0.1) is 0 Å². The Balaban J connectivity index is 1.91. The molecule has 0 bridgehead atoms. The number of Topliss-reactive ketones (excluding diaryl/α,β-unsaturated/α-hetero) is 1. The van der Waals surface area contributed by atoms with E-state index in [2.05, 4.69) is 0 Å². The smallest absolute Gasteiger partial charge is 0.299 e. The van der Waals surface area contributed by atoms with Gasteiger partial charge in [-0.3, -0.25) is 24.6 Å². The molecular weight excluding hydrogens is 420 g/mol. The Morgan fingerprint density at radius 3 is 2.10 bits per heavy atom. The molecule has 4 rings (SSSR count). The number of nitrogens with zero attached hydrogens (tertiary/aromatic N) is 2. The van der Waals surface area contributed by atoms with Crippen molar-refractivity contribution in [3.8, 4) is 0 Å². The van der Waals surface area contributed by atoms with Crippen molar-refractivity contribution in [2.75, 3.05) is 4.90 Å². The predicted molar refractivity (Wildman–Crippen MR) is 113 cm³/mol. The minimum Gasteiger partial charge on any atom is -0.872 e. The van der Waals surface area contributed by atoms with E-state index in [1.54, 1.807) is 54.6 Å². The van der Waals surface area contributed by atoms with Crippen LogP contribution in [0.1, 0.15) is 17.2 Å². The van der Waals surface area contributed by atoms with Crippen LogP contribution in [0.3, 0.4) is 0 Å². The number of carbonyl (C=O) groups excluding carboxylic acids is 2. The lowest BCUT2D eigenvalue weighted by atomic mass is 9.95. The Morgan fingerprint density at radius 1 is 0.903 bits per heavy atom. The normalized spacial score (nSPS) is 17.7. The molecule has 0 spiro atoms. The molecule has 0 N–H and O–H groups in total. The standard InChI is InChI=1S/C23H15ClN2O5/c24-16-10-6-14(7-11-16)20-19(21(27)15-8-12-18(13-9-15)26(30)31)22(28)23(29)25(20)17-4-2-1-3-5-17/h1-13,20,27H/p-1. The molecule has 0 aromatic heterocycles. The van der Waals surface area contributed by atoms with E-state index in [-0.39, 0.29) is 16.8 Å². The van der Waals surface area contributed by atoms with E-state index in [9.17, 15) is 24.8 Å². The van der Waals surface area contributed by atoms with Gasteiger partial charge in [-0.25, -0.2) is 0 Å². The number of hydrogen-bond acceptors (Lipinski definition) is 5. The highest BCUT2D eigenvalue weighted by atomic mass is 35.5. The van der Waals surface area contributed by atoms with Gasteiger partial charge in [0.05, 0.1) is 11.0 Å². The Bertz CT molecular complexity index is 1200. The minimum absolute atomic E-state index is 0.0793. The molecule has 1 heterocycles. The number of para-hydroxylation sites is 1. The van der Waals surface area contributed by atoms with Crippen LogP contribution in [0.5, 0.6) is 0 Å². The fourth-order valence-corrected chi connectivity index (χ4v) is 3.65. The van der Waals surface area contributed by atoms with Crippen molar-refractivity contribution < 1.29 is 19.6 Å². The van der Waals surface area contributed by atoms with E-state index < -0.39 is 28.4 Å². The highest BCUT2D eigenvalue weighted by Crippen LogP contribution is 2.41. The molecule has 1 amide bonds. The number of hydrogen-bond donors (Lipinski definition) is 0. The van der Waals surface area contributed by atoms with Crippen molar-refractivity contribution >= 4 is 40.4 Å². The van der Waals surface area contributed by atoms with E-state index in [4.69, 9.17) is 11.6 Å². The zero-order valence-electron chi connectivity index (χ0n) is 15.9. The largest absolute Gasteiger partial charge is 0.872 e. The summed E-state index contributed by atoms with van der Waals surface area (Å²) < 4.78 is 0. The van der Waals surface area contributed by atoms with E-state index in [1.807, 2.05) is 0 Å². The van der Waals surface area contributed by atoms with Crippen LogP contribution in [0.15, 0.2) is 84.4 Å². The zero-order chi connectivity index (χ0) is 22.1. The summed E-state index contributed by atoms with van der Waals surface area (Å²) in [7, 11) is 0. The van der Waals surface area contributed by atoms with Crippen molar-refractivity contribution in [1.82, 2.24) is 0 Å². The molecule has 1 unspecified atom stereocenters. The lowest BCUT2D eigenvalue weighted by molar-refractivity contribution is -0.384. The van der Waals surface area contributed by atoms with Crippen molar-refractivity contribution in [2.45, 2.75) is 6.04 Å². The van der Waals surface area contributed by atoms with Crippen molar-refractivity contribution in [1.29, 1.82) is 0 Å². The minimum atomic E-state index is -0.956. The summed E-state index contributed by atoms with van der Waals surface area (Å²) in [4.78, 5) is 37.5. The number of non-ortho nitro benzene ring substituents is 1. The van der Waals surface area contributed by atoms with Crippen molar-refractivity contribution in [3.63, 3.8) is 0 Å². The lowest BCUT2D eigenvalue weighted by Gasteiger charge is -2.27. The Morgan fingerprint density at radius 2 is 1.52 bits per heavy atom. The molecule has 0 aliphatic carbocycles. The summed E-state index contributed by atoms with van der Waals surface area (Å²) in [6.45, 7) is 0. The molecule has 1 aliphatic rings. The van der Waals surface area contributed by atoms with Crippen LogP contribution in [0.2, 0.25) is 5.02 Å². The summed E-state index contributed by atoms with van der Waals surface area (Å²) in [5.74, 6) is -2.39. The van der Waals surface area contributed by atoms with E-state index >= 15 is 0 Å². The van der Waals surface area contributed by atoms with E-state index in [0.717, 1.165) is 0 Å². The Kier molecular flexibility index (Phi) is 5.27. The van der Waals surface area contributed by atoms with Crippen molar-refractivity contribution in [2.24, 2.45) is 0 Å². The first kappa shape index (κ1) is 20.3. The van der Waals surface area contributed by atoms with Gasteiger partial charge in [-0.2, -0.15) is 0 Å². The average molecular weight is 434 g/mol. The molecule has 154 valence electrons. The number of amides is 1. The molecule has 0 saturated carbocycles.